The highest BCUT2D eigenvalue weighted by Gasteiger charge is 2.23. The van der Waals surface area contributed by atoms with Gasteiger partial charge in [0.05, 0.1) is 12.7 Å². The summed E-state index contributed by atoms with van der Waals surface area (Å²) in [4.78, 5) is 27.7. The topological polar surface area (TPSA) is 61.9 Å². The van der Waals surface area contributed by atoms with E-state index in [1.165, 1.54) is 31.4 Å². The molecule has 1 fully saturated rings. The highest BCUT2D eigenvalue weighted by molar-refractivity contribution is 7.80. The number of nitrogens with zero attached hydrogens (tertiary/aromatic N) is 2. The molecule has 1 heterocycles. The molecule has 3 rings (SSSR count). The van der Waals surface area contributed by atoms with E-state index in [0.717, 1.165) is 5.69 Å². The van der Waals surface area contributed by atoms with E-state index in [1.807, 2.05) is 4.90 Å². The minimum Gasteiger partial charge on any atom is -0.465 e. The number of hydrogen-bond donors (Lipinski definition) is 1. The van der Waals surface area contributed by atoms with E-state index >= 15 is 0 Å². The van der Waals surface area contributed by atoms with Crippen LogP contribution in [0.3, 0.4) is 0 Å². The van der Waals surface area contributed by atoms with Gasteiger partial charge < -0.3 is 19.9 Å². The molecule has 2 aromatic carbocycles. The van der Waals surface area contributed by atoms with Crippen molar-refractivity contribution in [3.8, 4) is 0 Å². The Bertz CT molecular complexity index is 863. The molecule has 0 aromatic heterocycles. The van der Waals surface area contributed by atoms with Gasteiger partial charge in [-0.25, -0.2) is 9.18 Å². The molecule has 28 heavy (non-hydrogen) atoms. The van der Waals surface area contributed by atoms with E-state index < -0.39 is 5.97 Å². The number of ether oxygens (including phenoxy) is 1. The van der Waals surface area contributed by atoms with Crippen LogP contribution in [0.5, 0.6) is 0 Å². The third kappa shape index (κ3) is 4.64. The molecular formula is C20H20FN3O3S. The summed E-state index contributed by atoms with van der Waals surface area (Å²) in [5.74, 6) is -0.870. The molecule has 1 N–H and O–H groups in total. The molecule has 146 valence electrons. The third-order valence-corrected chi connectivity index (χ3v) is 4.86. The number of halogens is 1. The Hall–Kier alpha value is -3.00. The number of amides is 1. The van der Waals surface area contributed by atoms with Crippen LogP contribution < -0.4 is 5.32 Å². The molecule has 8 heteroatoms. The molecule has 0 radical (unpaired) electrons. The van der Waals surface area contributed by atoms with E-state index in [0.29, 0.717) is 42.4 Å². The first-order valence-corrected chi connectivity index (χ1v) is 9.18. The second-order valence-electron chi connectivity index (χ2n) is 6.29. The third-order valence-electron chi connectivity index (χ3n) is 4.50. The van der Waals surface area contributed by atoms with Gasteiger partial charge in [-0.05, 0) is 60.7 Å². The summed E-state index contributed by atoms with van der Waals surface area (Å²) in [5.41, 5.74) is 1.70. The van der Waals surface area contributed by atoms with Gasteiger partial charge in [0.15, 0.2) is 5.11 Å². The molecule has 6 nitrogen and oxygen atoms in total. The van der Waals surface area contributed by atoms with Crippen molar-refractivity contribution in [2.24, 2.45) is 0 Å². The Kier molecular flexibility index (Phi) is 6.20. The summed E-state index contributed by atoms with van der Waals surface area (Å²) in [6.07, 6.45) is 0. The smallest absolute Gasteiger partial charge is 0.337 e. The fourth-order valence-corrected chi connectivity index (χ4v) is 3.20. The fourth-order valence-electron chi connectivity index (χ4n) is 2.90. The second kappa shape index (κ2) is 8.79. The van der Waals surface area contributed by atoms with Crippen molar-refractivity contribution < 1.29 is 18.7 Å². The first-order valence-electron chi connectivity index (χ1n) is 8.77. The van der Waals surface area contributed by atoms with E-state index in [4.69, 9.17) is 12.2 Å². The van der Waals surface area contributed by atoms with Crippen molar-refractivity contribution in [1.82, 2.24) is 9.80 Å². The normalized spacial score (nSPS) is 13.8. The van der Waals surface area contributed by atoms with Crippen LogP contribution >= 0.6 is 12.2 Å². The maximum atomic E-state index is 13.0. The summed E-state index contributed by atoms with van der Waals surface area (Å²) < 4.78 is 17.7. The van der Waals surface area contributed by atoms with Crippen molar-refractivity contribution in [2.75, 3.05) is 38.6 Å². The van der Waals surface area contributed by atoms with Crippen LogP contribution in [0.2, 0.25) is 0 Å². The summed E-state index contributed by atoms with van der Waals surface area (Å²) in [6, 6.07) is 12.4. The van der Waals surface area contributed by atoms with Crippen LogP contribution in [0.1, 0.15) is 20.7 Å². The Balaban J connectivity index is 1.53. The first-order chi connectivity index (χ1) is 13.5. The van der Waals surface area contributed by atoms with Crippen molar-refractivity contribution in [2.45, 2.75) is 0 Å². The zero-order valence-corrected chi connectivity index (χ0v) is 16.2. The predicted molar refractivity (Wildman–Crippen MR) is 108 cm³/mol. The predicted octanol–water partition coefficient (Wildman–Crippen LogP) is 2.77. The fraction of sp³-hybridized carbons (Fsp3) is 0.250. The zero-order valence-electron chi connectivity index (χ0n) is 15.4. The maximum Gasteiger partial charge on any atom is 0.337 e. The van der Waals surface area contributed by atoms with Crippen molar-refractivity contribution in [3.05, 3.63) is 65.5 Å². The van der Waals surface area contributed by atoms with E-state index in [9.17, 15) is 14.0 Å². The molecule has 1 saturated heterocycles. The quantitative estimate of drug-likeness (QED) is 0.630. The van der Waals surface area contributed by atoms with Gasteiger partial charge in [0, 0.05) is 37.4 Å². The molecule has 0 saturated carbocycles. The van der Waals surface area contributed by atoms with Gasteiger partial charge in [0.25, 0.3) is 5.91 Å². The minimum absolute atomic E-state index is 0.114. The average molecular weight is 401 g/mol. The number of anilines is 1. The molecule has 1 aliphatic heterocycles. The summed E-state index contributed by atoms with van der Waals surface area (Å²) in [5, 5.41) is 3.69. The molecule has 2 aromatic rings. The van der Waals surface area contributed by atoms with Crippen molar-refractivity contribution in [1.29, 1.82) is 0 Å². The number of methoxy groups -OCH3 is 1. The SMILES string of the molecule is COC(=O)c1ccc(NC(=S)N2CCN(C(=O)c3ccc(F)cc3)CC2)cc1. The molecule has 0 atom stereocenters. The summed E-state index contributed by atoms with van der Waals surface area (Å²) in [7, 11) is 1.34. The number of hydrogen-bond acceptors (Lipinski definition) is 4. The number of piperazine rings is 1. The van der Waals surface area contributed by atoms with Gasteiger partial charge >= 0.3 is 5.97 Å². The molecule has 1 amide bonds. The van der Waals surface area contributed by atoms with Crippen LogP contribution in [0.25, 0.3) is 0 Å². The highest BCUT2D eigenvalue weighted by atomic mass is 32.1. The molecule has 0 spiro atoms. The number of thiocarbonyl (C=S) groups is 1. The van der Waals surface area contributed by atoms with Gasteiger partial charge in [0.2, 0.25) is 0 Å². The lowest BCUT2D eigenvalue weighted by Crippen LogP contribution is -2.51. The zero-order chi connectivity index (χ0) is 20.1. The first kappa shape index (κ1) is 19.8. The maximum absolute atomic E-state index is 13.0. The highest BCUT2D eigenvalue weighted by Crippen LogP contribution is 2.14. The van der Waals surface area contributed by atoms with Crippen LogP contribution in [-0.4, -0.2) is 60.1 Å². The Morgan fingerprint density at radius 3 is 2.04 bits per heavy atom. The molecule has 0 aliphatic carbocycles. The van der Waals surface area contributed by atoms with E-state index in [1.54, 1.807) is 29.2 Å². The molecular weight excluding hydrogens is 381 g/mol. The van der Waals surface area contributed by atoms with Gasteiger partial charge in [-0.15, -0.1) is 0 Å². The number of carbonyl (C=O) groups is 2. The monoisotopic (exact) mass is 401 g/mol. The van der Waals surface area contributed by atoms with Crippen LogP contribution in [0.15, 0.2) is 48.5 Å². The number of rotatable bonds is 3. The number of nitrogens with one attached hydrogen (secondary N) is 1. The van der Waals surface area contributed by atoms with Gasteiger partial charge in [-0.2, -0.15) is 0 Å². The Labute approximate surface area is 167 Å². The standard InChI is InChI=1S/C20H20FN3O3S/c1-27-19(26)15-4-8-17(9-5-15)22-20(28)24-12-10-23(11-13-24)18(25)14-2-6-16(21)7-3-14/h2-9H,10-13H2,1H3,(H,22,28). The molecule has 0 unspecified atom stereocenters. The largest absolute Gasteiger partial charge is 0.465 e. The number of esters is 1. The second-order valence-corrected chi connectivity index (χ2v) is 6.67. The van der Waals surface area contributed by atoms with E-state index in [-0.39, 0.29) is 11.7 Å². The molecule has 1 aliphatic rings. The average Bonchev–Trinajstić information content (AvgIpc) is 2.74. The number of carbonyl (C=O) groups excluding carboxylic acids is 2. The Morgan fingerprint density at radius 1 is 0.929 bits per heavy atom. The van der Waals surface area contributed by atoms with Gasteiger partial charge in [-0.1, -0.05) is 0 Å². The Morgan fingerprint density at radius 2 is 1.46 bits per heavy atom. The van der Waals surface area contributed by atoms with Crippen molar-refractivity contribution >= 4 is 34.9 Å². The van der Waals surface area contributed by atoms with Crippen LogP contribution in [-0.2, 0) is 4.74 Å². The summed E-state index contributed by atoms with van der Waals surface area (Å²) in [6.45, 7) is 2.25. The van der Waals surface area contributed by atoms with Gasteiger partial charge in [0.1, 0.15) is 5.82 Å². The lowest BCUT2D eigenvalue weighted by molar-refractivity contribution is 0.0600. The summed E-state index contributed by atoms with van der Waals surface area (Å²) >= 11 is 5.45. The van der Waals surface area contributed by atoms with Crippen LogP contribution in [0, 0.1) is 5.82 Å². The molecule has 0 bridgehead atoms. The number of benzene rings is 2. The van der Waals surface area contributed by atoms with Gasteiger partial charge in [-0.3, -0.25) is 4.79 Å². The van der Waals surface area contributed by atoms with E-state index in [2.05, 4.69) is 10.1 Å². The lowest BCUT2D eigenvalue weighted by Gasteiger charge is -2.36. The van der Waals surface area contributed by atoms with Crippen molar-refractivity contribution in [3.63, 3.8) is 0 Å². The van der Waals surface area contributed by atoms with Crippen LogP contribution in [0.4, 0.5) is 10.1 Å². The lowest BCUT2D eigenvalue weighted by atomic mass is 10.2. The minimum atomic E-state index is -0.393.